The second-order valence-corrected chi connectivity index (χ2v) is 2.74. The van der Waals surface area contributed by atoms with Crippen molar-refractivity contribution in [2.75, 3.05) is 0 Å². The molecule has 0 radical (unpaired) electrons. The van der Waals surface area contributed by atoms with Crippen molar-refractivity contribution in [2.24, 2.45) is 0 Å². The van der Waals surface area contributed by atoms with Crippen molar-refractivity contribution < 1.29 is 5.11 Å². The third kappa shape index (κ3) is 2.02. The molecule has 0 atom stereocenters. The predicted octanol–water partition coefficient (Wildman–Crippen LogP) is 2.56. The number of aryl methyl sites for hydroxylation is 1. The molecule has 0 unspecified atom stereocenters. The number of halogens is 2. The van der Waals surface area contributed by atoms with Gasteiger partial charge in [-0.1, -0.05) is 0 Å². The van der Waals surface area contributed by atoms with Crippen molar-refractivity contribution >= 4 is 24.0 Å². The summed E-state index contributed by atoms with van der Waals surface area (Å²) in [6.45, 7) is 3.60. The summed E-state index contributed by atoms with van der Waals surface area (Å²) in [7, 11) is 0. The lowest BCUT2D eigenvalue weighted by molar-refractivity contribution is 0.462. The molecular weight excluding hydrogens is 197 g/mol. The molecule has 1 N–H and O–H groups in total. The quantitative estimate of drug-likeness (QED) is 0.719. The molecular formula is C8H11Cl2NO. The predicted molar refractivity (Wildman–Crippen MR) is 52.2 cm³/mol. The summed E-state index contributed by atoms with van der Waals surface area (Å²) in [6.07, 6.45) is 1.69. The van der Waals surface area contributed by atoms with Crippen LogP contribution in [0.25, 0.3) is 0 Å². The van der Waals surface area contributed by atoms with Crippen LogP contribution in [0.5, 0.6) is 5.75 Å². The molecule has 4 heteroatoms. The van der Waals surface area contributed by atoms with E-state index < -0.39 is 0 Å². The molecule has 0 fully saturated rings. The Hall–Kier alpha value is -0.470. The Morgan fingerprint density at radius 2 is 2.08 bits per heavy atom. The van der Waals surface area contributed by atoms with Crippen LogP contribution >= 0.6 is 24.0 Å². The zero-order valence-corrected chi connectivity index (χ0v) is 8.54. The summed E-state index contributed by atoms with van der Waals surface area (Å²) >= 11 is 5.61. The Balaban J connectivity index is 0.00000121. The van der Waals surface area contributed by atoms with Crippen LogP contribution in [0.15, 0.2) is 6.20 Å². The fraction of sp³-hybridized carbons (Fsp3) is 0.375. The standard InChI is InChI=1S/C8H10ClNO.ClH/c1-5-7(3-9)4-10-6(2)8(5)11;/h4,11H,3H2,1-2H3;1H. The van der Waals surface area contributed by atoms with Gasteiger partial charge in [0, 0.05) is 12.1 Å². The van der Waals surface area contributed by atoms with Crippen LogP contribution < -0.4 is 0 Å². The van der Waals surface area contributed by atoms with Crippen LogP contribution in [0.2, 0.25) is 0 Å². The second kappa shape index (κ2) is 4.53. The Morgan fingerprint density at radius 1 is 1.50 bits per heavy atom. The number of alkyl halides is 1. The van der Waals surface area contributed by atoms with Gasteiger partial charge in [-0.25, -0.2) is 0 Å². The third-order valence-electron chi connectivity index (χ3n) is 1.74. The Labute approximate surface area is 83.0 Å². The molecule has 1 aromatic rings. The van der Waals surface area contributed by atoms with Crippen LogP contribution in [0, 0.1) is 13.8 Å². The minimum Gasteiger partial charge on any atom is -0.506 e. The van der Waals surface area contributed by atoms with Gasteiger partial charge in [-0.15, -0.1) is 24.0 Å². The maximum Gasteiger partial charge on any atom is 0.139 e. The van der Waals surface area contributed by atoms with Gasteiger partial charge in [0.15, 0.2) is 0 Å². The van der Waals surface area contributed by atoms with E-state index in [4.69, 9.17) is 11.6 Å². The van der Waals surface area contributed by atoms with Gasteiger partial charge in [0.25, 0.3) is 0 Å². The smallest absolute Gasteiger partial charge is 0.139 e. The third-order valence-corrected chi connectivity index (χ3v) is 2.03. The van der Waals surface area contributed by atoms with Gasteiger partial charge in [-0.05, 0) is 25.0 Å². The van der Waals surface area contributed by atoms with E-state index in [2.05, 4.69) is 4.98 Å². The van der Waals surface area contributed by atoms with Gasteiger partial charge in [0.2, 0.25) is 0 Å². The van der Waals surface area contributed by atoms with E-state index in [-0.39, 0.29) is 18.2 Å². The molecule has 12 heavy (non-hydrogen) atoms. The minimum atomic E-state index is 0. The van der Waals surface area contributed by atoms with Crippen LogP contribution in [0.4, 0.5) is 0 Å². The summed E-state index contributed by atoms with van der Waals surface area (Å²) in [4.78, 5) is 3.98. The number of hydrogen-bond acceptors (Lipinski definition) is 2. The van der Waals surface area contributed by atoms with Gasteiger partial charge in [-0.2, -0.15) is 0 Å². The summed E-state index contributed by atoms with van der Waals surface area (Å²) in [6, 6.07) is 0. The first-order valence-corrected chi connectivity index (χ1v) is 3.90. The van der Waals surface area contributed by atoms with E-state index in [1.807, 2.05) is 6.92 Å². The lowest BCUT2D eigenvalue weighted by Gasteiger charge is -2.05. The van der Waals surface area contributed by atoms with Gasteiger partial charge in [0.05, 0.1) is 5.69 Å². The number of rotatable bonds is 1. The molecule has 2 nitrogen and oxygen atoms in total. The Bertz CT molecular complexity index is 276. The van der Waals surface area contributed by atoms with E-state index in [1.54, 1.807) is 13.1 Å². The molecule has 1 rings (SSSR count). The summed E-state index contributed by atoms with van der Waals surface area (Å²) in [5.41, 5.74) is 2.36. The maximum absolute atomic E-state index is 9.40. The lowest BCUT2D eigenvalue weighted by atomic mass is 10.1. The van der Waals surface area contributed by atoms with Crippen molar-refractivity contribution in [1.82, 2.24) is 4.98 Å². The number of hydrogen-bond donors (Lipinski definition) is 1. The first-order chi connectivity index (χ1) is 5.16. The van der Waals surface area contributed by atoms with Gasteiger partial charge < -0.3 is 5.11 Å². The van der Waals surface area contributed by atoms with E-state index in [0.29, 0.717) is 11.6 Å². The van der Waals surface area contributed by atoms with Gasteiger partial charge in [-0.3, -0.25) is 4.98 Å². The first-order valence-electron chi connectivity index (χ1n) is 3.36. The molecule has 0 aliphatic heterocycles. The van der Waals surface area contributed by atoms with Crippen molar-refractivity contribution in [1.29, 1.82) is 0 Å². The minimum absolute atomic E-state index is 0. The van der Waals surface area contributed by atoms with E-state index in [0.717, 1.165) is 11.1 Å². The molecule has 0 aromatic carbocycles. The average molecular weight is 208 g/mol. The van der Waals surface area contributed by atoms with Crippen LogP contribution in [0.3, 0.4) is 0 Å². The van der Waals surface area contributed by atoms with Crippen molar-refractivity contribution in [3.8, 4) is 5.75 Å². The zero-order chi connectivity index (χ0) is 8.43. The highest BCUT2D eigenvalue weighted by molar-refractivity contribution is 6.17. The highest BCUT2D eigenvalue weighted by Gasteiger charge is 2.05. The summed E-state index contributed by atoms with van der Waals surface area (Å²) < 4.78 is 0. The van der Waals surface area contributed by atoms with Crippen molar-refractivity contribution in [3.63, 3.8) is 0 Å². The molecule has 0 saturated carbocycles. The molecule has 0 amide bonds. The Morgan fingerprint density at radius 3 is 2.58 bits per heavy atom. The normalized spacial score (nSPS) is 9.25. The summed E-state index contributed by atoms with van der Waals surface area (Å²) in [5.74, 6) is 0.648. The number of nitrogens with zero attached hydrogens (tertiary/aromatic N) is 1. The van der Waals surface area contributed by atoms with Crippen LogP contribution in [-0.4, -0.2) is 10.1 Å². The highest BCUT2D eigenvalue weighted by Crippen LogP contribution is 2.22. The largest absolute Gasteiger partial charge is 0.506 e. The molecule has 1 heterocycles. The Kier molecular flexibility index (Phi) is 4.35. The molecule has 1 aromatic heterocycles. The first kappa shape index (κ1) is 11.5. The fourth-order valence-corrected chi connectivity index (χ4v) is 1.16. The van der Waals surface area contributed by atoms with Crippen molar-refractivity contribution in [3.05, 3.63) is 23.0 Å². The SMILES string of the molecule is Cc1ncc(CCl)c(C)c1O.Cl. The molecule has 0 aliphatic rings. The monoisotopic (exact) mass is 207 g/mol. The molecule has 68 valence electrons. The second-order valence-electron chi connectivity index (χ2n) is 2.48. The van der Waals surface area contributed by atoms with E-state index in [1.165, 1.54) is 0 Å². The topological polar surface area (TPSA) is 33.1 Å². The highest BCUT2D eigenvalue weighted by atomic mass is 35.5. The molecule has 0 saturated heterocycles. The number of aromatic hydroxyl groups is 1. The van der Waals surface area contributed by atoms with E-state index in [9.17, 15) is 5.11 Å². The summed E-state index contributed by atoms with van der Waals surface area (Å²) in [5, 5.41) is 9.40. The van der Waals surface area contributed by atoms with Gasteiger partial charge >= 0.3 is 0 Å². The zero-order valence-electron chi connectivity index (χ0n) is 6.97. The van der Waals surface area contributed by atoms with Crippen LogP contribution in [0.1, 0.15) is 16.8 Å². The van der Waals surface area contributed by atoms with E-state index >= 15 is 0 Å². The molecule has 0 aliphatic carbocycles. The maximum atomic E-state index is 9.40. The average Bonchev–Trinajstić information content (AvgIpc) is 2.01. The fourth-order valence-electron chi connectivity index (χ4n) is 0.891. The number of aromatic nitrogens is 1. The van der Waals surface area contributed by atoms with Crippen LogP contribution in [-0.2, 0) is 5.88 Å². The van der Waals surface area contributed by atoms with Crippen molar-refractivity contribution in [2.45, 2.75) is 19.7 Å². The van der Waals surface area contributed by atoms with Gasteiger partial charge in [0.1, 0.15) is 5.75 Å². The molecule has 0 bridgehead atoms. The lowest BCUT2D eigenvalue weighted by Crippen LogP contribution is -1.91. The number of pyridine rings is 1. The molecule has 0 spiro atoms.